The van der Waals surface area contributed by atoms with Crippen molar-refractivity contribution in [2.24, 2.45) is 0 Å². The molecule has 0 radical (unpaired) electrons. The average molecular weight is 447 g/mol. The lowest BCUT2D eigenvalue weighted by atomic mass is 9.93. The summed E-state index contributed by atoms with van der Waals surface area (Å²) in [5.74, 6) is -1.07. The van der Waals surface area contributed by atoms with Crippen LogP contribution in [0.1, 0.15) is 51.6 Å². The summed E-state index contributed by atoms with van der Waals surface area (Å²) in [6.07, 6.45) is 7.32. The normalized spacial score (nSPS) is 16.3. The quantitative estimate of drug-likeness (QED) is 0.447. The van der Waals surface area contributed by atoms with Gasteiger partial charge >= 0.3 is 0 Å². The highest BCUT2D eigenvalue weighted by molar-refractivity contribution is 5.93. The summed E-state index contributed by atoms with van der Waals surface area (Å²) in [5.41, 5.74) is 3.97. The van der Waals surface area contributed by atoms with E-state index in [4.69, 9.17) is 0 Å². The number of aryl methyl sites for hydroxylation is 1. The summed E-state index contributed by atoms with van der Waals surface area (Å²) >= 11 is 0. The van der Waals surface area contributed by atoms with E-state index >= 15 is 0 Å². The fraction of sp³-hybridized carbons (Fsp3) is 0.269. The van der Waals surface area contributed by atoms with Gasteiger partial charge in [-0.2, -0.15) is 0 Å². The van der Waals surface area contributed by atoms with E-state index in [9.17, 15) is 13.6 Å². The number of rotatable bonds is 4. The highest BCUT2D eigenvalue weighted by Gasteiger charge is 2.27. The number of nitrogens with zero attached hydrogens (tertiary/aromatic N) is 4. The van der Waals surface area contributed by atoms with Crippen LogP contribution in [-0.2, 0) is 6.42 Å². The molecule has 4 heterocycles. The van der Waals surface area contributed by atoms with Crippen LogP contribution in [0.2, 0.25) is 0 Å². The van der Waals surface area contributed by atoms with Gasteiger partial charge in [0.25, 0.3) is 5.91 Å². The molecule has 0 aliphatic carbocycles. The van der Waals surface area contributed by atoms with Crippen LogP contribution in [0.15, 0.2) is 61.1 Å². The van der Waals surface area contributed by atoms with Crippen LogP contribution in [0.5, 0.6) is 0 Å². The first-order chi connectivity index (χ1) is 16.0. The molecule has 1 aromatic carbocycles. The molecule has 1 fully saturated rings. The SMILES string of the molecule is Cc1ccn2cc(C(=O)N3CCCC(c4ccc(Cc5c(F)cccc5F)cn4)C3)nc2c1. The maximum absolute atomic E-state index is 13.9. The maximum atomic E-state index is 13.9. The number of amides is 1. The van der Waals surface area contributed by atoms with E-state index < -0.39 is 11.6 Å². The summed E-state index contributed by atoms with van der Waals surface area (Å²) in [6.45, 7) is 3.25. The molecule has 1 unspecified atom stereocenters. The van der Waals surface area contributed by atoms with Gasteiger partial charge in [0, 0.05) is 55.3 Å². The topological polar surface area (TPSA) is 50.5 Å². The lowest BCUT2D eigenvalue weighted by molar-refractivity contribution is 0.0700. The second-order valence-corrected chi connectivity index (χ2v) is 8.65. The van der Waals surface area contributed by atoms with Crippen LogP contribution in [-0.4, -0.2) is 38.3 Å². The Morgan fingerprint density at radius 2 is 1.97 bits per heavy atom. The van der Waals surface area contributed by atoms with Gasteiger partial charge in [-0.1, -0.05) is 12.1 Å². The lowest BCUT2D eigenvalue weighted by Crippen LogP contribution is -2.39. The standard InChI is InChI=1S/C26H24F2N4O/c1-17-9-11-31-16-24(30-25(31)12-17)26(33)32-10-3-4-19(15-32)23-8-7-18(14-29-23)13-20-21(27)5-2-6-22(20)28/h2,5-9,11-12,14,16,19H,3-4,10,13,15H2,1H3. The molecule has 0 bridgehead atoms. The number of carbonyl (C=O) groups is 1. The Morgan fingerprint density at radius 1 is 1.15 bits per heavy atom. The van der Waals surface area contributed by atoms with Gasteiger partial charge in [-0.15, -0.1) is 0 Å². The second-order valence-electron chi connectivity index (χ2n) is 8.65. The highest BCUT2D eigenvalue weighted by Crippen LogP contribution is 2.27. The number of benzene rings is 1. The Morgan fingerprint density at radius 3 is 2.73 bits per heavy atom. The molecular formula is C26H24F2N4O. The number of hydrogen-bond acceptors (Lipinski definition) is 3. The molecule has 1 aliphatic heterocycles. The van der Waals surface area contributed by atoms with Crippen molar-refractivity contribution in [2.45, 2.75) is 32.1 Å². The van der Waals surface area contributed by atoms with Crippen molar-refractivity contribution in [3.8, 4) is 0 Å². The molecule has 168 valence electrons. The molecular weight excluding hydrogens is 422 g/mol. The molecule has 5 nitrogen and oxygen atoms in total. The molecule has 1 amide bonds. The number of halogens is 2. The molecule has 0 N–H and O–H groups in total. The van der Waals surface area contributed by atoms with Gasteiger partial charge in [-0.25, -0.2) is 13.8 Å². The summed E-state index contributed by atoms with van der Waals surface area (Å²) in [5, 5.41) is 0. The van der Waals surface area contributed by atoms with E-state index in [1.807, 2.05) is 46.7 Å². The third-order valence-corrected chi connectivity index (χ3v) is 6.25. The van der Waals surface area contributed by atoms with E-state index in [2.05, 4.69) is 9.97 Å². The van der Waals surface area contributed by atoms with E-state index in [0.717, 1.165) is 35.3 Å². The Balaban J connectivity index is 1.29. The minimum Gasteiger partial charge on any atom is -0.337 e. The summed E-state index contributed by atoms with van der Waals surface area (Å²) in [7, 11) is 0. The Hall–Kier alpha value is -3.61. The molecule has 1 atom stereocenters. The largest absolute Gasteiger partial charge is 0.337 e. The first-order valence-electron chi connectivity index (χ1n) is 11.1. The van der Waals surface area contributed by atoms with Crippen molar-refractivity contribution >= 4 is 11.6 Å². The van der Waals surface area contributed by atoms with Gasteiger partial charge in [0.1, 0.15) is 23.0 Å². The summed E-state index contributed by atoms with van der Waals surface area (Å²) < 4.78 is 29.8. The summed E-state index contributed by atoms with van der Waals surface area (Å²) in [4.78, 5) is 24.0. The number of carbonyl (C=O) groups excluding carboxylic acids is 1. The summed E-state index contributed by atoms with van der Waals surface area (Å²) in [6, 6.07) is 11.6. The maximum Gasteiger partial charge on any atom is 0.274 e. The smallest absolute Gasteiger partial charge is 0.274 e. The monoisotopic (exact) mass is 446 g/mol. The van der Waals surface area contributed by atoms with Crippen molar-refractivity contribution in [3.63, 3.8) is 0 Å². The molecule has 1 aliphatic rings. The van der Waals surface area contributed by atoms with Gasteiger partial charge in [0.05, 0.1) is 0 Å². The zero-order chi connectivity index (χ0) is 22.9. The molecule has 1 saturated heterocycles. The van der Waals surface area contributed by atoms with Crippen LogP contribution >= 0.6 is 0 Å². The molecule has 3 aromatic heterocycles. The fourth-order valence-corrected chi connectivity index (χ4v) is 4.44. The number of likely N-dealkylation sites (tertiary alicyclic amines) is 1. The number of fused-ring (bicyclic) bond motifs is 1. The highest BCUT2D eigenvalue weighted by atomic mass is 19.1. The predicted molar refractivity (Wildman–Crippen MR) is 121 cm³/mol. The number of hydrogen-bond donors (Lipinski definition) is 0. The Kier molecular flexibility index (Phi) is 5.62. The van der Waals surface area contributed by atoms with E-state index in [1.54, 1.807) is 12.4 Å². The second kappa shape index (κ2) is 8.73. The van der Waals surface area contributed by atoms with E-state index in [-0.39, 0.29) is 23.8 Å². The predicted octanol–water partition coefficient (Wildman–Crippen LogP) is 4.93. The van der Waals surface area contributed by atoms with E-state index in [0.29, 0.717) is 18.8 Å². The van der Waals surface area contributed by atoms with Crippen molar-refractivity contribution in [3.05, 3.63) is 101 Å². The zero-order valence-corrected chi connectivity index (χ0v) is 18.3. The van der Waals surface area contributed by atoms with Crippen LogP contribution in [0.3, 0.4) is 0 Å². The van der Waals surface area contributed by atoms with Crippen molar-refractivity contribution < 1.29 is 13.6 Å². The Bertz CT molecular complexity index is 1300. The van der Waals surface area contributed by atoms with E-state index in [1.165, 1.54) is 18.2 Å². The number of imidazole rings is 1. The van der Waals surface area contributed by atoms with Crippen LogP contribution in [0, 0.1) is 18.6 Å². The minimum atomic E-state index is -0.553. The zero-order valence-electron chi connectivity index (χ0n) is 18.3. The van der Waals surface area contributed by atoms with Crippen LogP contribution in [0.4, 0.5) is 8.78 Å². The fourth-order valence-electron chi connectivity index (χ4n) is 4.44. The van der Waals surface area contributed by atoms with Gasteiger partial charge in [0.2, 0.25) is 0 Å². The molecule has 0 spiro atoms. The number of pyridine rings is 2. The lowest BCUT2D eigenvalue weighted by Gasteiger charge is -2.32. The third kappa shape index (κ3) is 4.35. The van der Waals surface area contributed by atoms with Gasteiger partial charge in [-0.3, -0.25) is 9.78 Å². The number of aromatic nitrogens is 3. The van der Waals surface area contributed by atoms with Crippen LogP contribution < -0.4 is 0 Å². The van der Waals surface area contributed by atoms with Crippen LogP contribution in [0.25, 0.3) is 5.65 Å². The molecule has 5 rings (SSSR count). The minimum absolute atomic E-state index is 0.0455. The molecule has 0 saturated carbocycles. The first kappa shape index (κ1) is 21.2. The molecule has 7 heteroatoms. The van der Waals surface area contributed by atoms with Gasteiger partial charge < -0.3 is 9.30 Å². The van der Waals surface area contributed by atoms with Crippen molar-refractivity contribution in [1.29, 1.82) is 0 Å². The molecule has 4 aromatic rings. The van der Waals surface area contributed by atoms with Gasteiger partial charge in [0.15, 0.2) is 0 Å². The van der Waals surface area contributed by atoms with Gasteiger partial charge in [-0.05, 0) is 61.2 Å². The molecule has 33 heavy (non-hydrogen) atoms. The van der Waals surface area contributed by atoms with Crippen molar-refractivity contribution in [2.75, 3.05) is 13.1 Å². The average Bonchev–Trinajstić information content (AvgIpc) is 3.25. The third-order valence-electron chi connectivity index (χ3n) is 6.25. The first-order valence-corrected chi connectivity index (χ1v) is 11.1. The Labute approximate surface area is 190 Å². The number of piperidine rings is 1. The van der Waals surface area contributed by atoms with Crippen molar-refractivity contribution in [1.82, 2.24) is 19.3 Å².